The van der Waals surface area contributed by atoms with Gasteiger partial charge in [0.15, 0.2) is 0 Å². The first-order valence-electron chi connectivity index (χ1n) is 12.3. The molecule has 3 N–H and O–H groups in total. The van der Waals surface area contributed by atoms with Crippen molar-refractivity contribution in [2.24, 2.45) is 5.73 Å². The Balaban J connectivity index is 1.83. The molecule has 1 aliphatic rings. The first-order valence-corrected chi connectivity index (χ1v) is 12.3. The van der Waals surface area contributed by atoms with Crippen molar-refractivity contribution in [3.8, 4) is 6.07 Å². The zero-order chi connectivity index (χ0) is 29.0. The molecular formula is C29H29N7O4. The Morgan fingerprint density at radius 2 is 1.68 bits per heavy atom. The van der Waals surface area contributed by atoms with Gasteiger partial charge in [0, 0.05) is 37.2 Å². The molecule has 0 fully saturated rings. The minimum Gasteiger partial charge on any atom is -0.466 e. The molecular weight excluding hydrogens is 510 g/mol. The van der Waals surface area contributed by atoms with Crippen LogP contribution in [0.4, 0.5) is 23.1 Å². The SMILES string of the molecule is COC(=O)C1=C(C(=O)OC)N(c2ccc(Nc3nc(C)cc(N(C)C)n3)cc2)C(N)=C(C#N)C1c1ccccc1. The number of allylic oxidation sites excluding steroid dienone is 1. The standard InChI is InChI=1S/C29H29N7O4/c1-17-15-22(35(2)3)34-29(32-17)33-19-11-13-20(14-12-19)36-25(28(38)40-5)24(27(37)39-4)23(21(16-30)26(36)31)18-9-7-6-8-10-18/h6-15,23H,31H2,1-5H3,(H,32,33,34). The van der Waals surface area contributed by atoms with Crippen molar-refractivity contribution in [1.82, 2.24) is 9.97 Å². The smallest absolute Gasteiger partial charge is 0.355 e. The number of aromatic nitrogens is 2. The van der Waals surface area contributed by atoms with Crippen LogP contribution in [0.5, 0.6) is 0 Å². The van der Waals surface area contributed by atoms with E-state index >= 15 is 0 Å². The van der Waals surface area contributed by atoms with Gasteiger partial charge in [0.1, 0.15) is 17.3 Å². The van der Waals surface area contributed by atoms with Crippen LogP contribution in [0, 0.1) is 18.3 Å². The fraction of sp³-hybridized carbons (Fsp3) is 0.207. The number of nitriles is 1. The molecule has 4 rings (SSSR count). The third-order valence-corrected chi connectivity index (χ3v) is 6.29. The Morgan fingerprint density at radius 1 is 1.02 bits per heavy atom. The van der Waals surface area contributed by atoms with Crippen molar-refractivity contribution in [2.75, 3.05) is 43.4 Å². The summed E-state index contributed by atoms with van der Waals surface area (Å²) in [7, 11) is 6.20. The van der Waals surface area contributed by atoms with Crippen molar-refractivity contribution in [2.45, 2.75) is 12.8 Å². The third kappa shape index (κ3) is 5.28. The highest BCUT2D eigenvalue weighted by atomic mass is 16.5. The normalized spacial score (nSPS) is 14.9. The summed E-state index contributed by atoms with van der Waals surface area (Å²) in [4.78, 5) is 38.5. The zero-order valence-electron chi connectivity index (χ0n) is 22.8. The van der Waals surface area contributed by atoms with Crippen LogP contribution in [-0.4, -0.2) is 50.2 Å². The van der Waals surface area contributed by atoms with Crippen LogP contribution in [0.25, 0.3) is 0 Å². The Hall–Kier alpha value is -5.37. The maximum atomic E-state index is 13.2. The number of hydrogen-bond acceptors (Lipinski definition) is 11. The van der Waals surface area contributed by atoms with Gasteiger partial charge in [-0.1, -0.05) is 30.3 Å². The molecule has 0 bridgehead atoms. The van der Waals surface area contributed by atoms with Gasteiger partial charge < -0.3 is 25.4 Å². The lowest BCUT2D eigenvalue weighted by molar-refractivity contribution is -0.139. The largest absolute Gasteiger partial charge is 0.466 e. The Labute approximate surface area is 232 Å². The number of nitrogens with two attached hydrogens (primary N) is 1. The molecule has 11 nitrogen and oxygen atoms in total. The van der Waals surface area contributed by atoms with Gasteiger partial charge in [0.25, 0.3) is 0 Å². The van der Waals surface area contributed by atoms with Gasteiger partial charge in [-0.3, -0.25) is 4.90 Å². The average molecular weight is 540 g/mol. The zero-order valence-corrected chi connectivity index (χ0v) is 22.8. The molecule has 204 valence electrons. The Kier molecular flexibility index (Phi) is 8.00. The molecule has 2 aromatic carbocycles. The average Bonchev–Trinajstić information content (AvgIpc) is 2.96. The fourth-order valence-electron chi connectivity index (χ4n) is 4.44. The molecule has 1 aromatic heterocycles. The van der Waals surface area contributed by atoms with E-state index in [1.165, 1.54) is 19.1 Å². The van der Waals surface area contributed by atoms with Gasteiger partial charge in [-0.2, -0.15) is 10.2 Å². The lowest BCUT2D eigenvalue weighted by atomic mass is 9.81. The molecule has 3 aromatic rings. The number of hydrogen-bond donors (Lipinski definition) is 2. The fourth-order valence-corrected chi connectivity index (χ4v) is 4.44. The summed E-state index contributed by atoms with van der Waals surface area (Å²) in [6.45, 7) is 1.88. The van der Waals surface area contributed by atoms with E-state index < -0.39 is 17.9 Å². The molecule has 0 saturated carbocycles. The molecule has 40 heavy (non-hydrogen) atoms. The first kappa shape index (κ1) is 27.7. The van der Waals surface area contributed by atoms with Crippen LogP contribution in [-0.2, 0) is 19.1 Å². The van der Waals surface area contributed by atoms with Crippen LogP contribution >= 0.6 is 0 Å². The number of ether oxygens (including phenoxy) is 2. The van der Waals surface area contributed by atoms with E-state index in [9.17, 15) is 14.9 Å². The van der Waals surface area contributed by atoms with Crippen molar-refractivity contribution in [1.29, 1.82) is 5.26 Å². The minimum atomic E-state index is -0.936. The van der Waals surface area contributed by atoms with Gasteiger partial charge in [-0.25, -0.2) is 14.6 Å². The third-order valence-electron chi connectivity index (χ3n) is 6.29. The number of rotatable bonds is 7. The van der Waals surface area contributed by atoms with Crippen molar-refractivity contribution < 1.29 is 19.1 Å². The maximum absolute atomic E-state index is 13.2. The second-order valence-corrected chi connectivity index (χ2v) is 9.09. The van der Waals surface area contributed by atoms with Gasteiger partial charge in [-0.15, -0.1) is 0 Å². The number of nitrogens with zero attached hydrogens (tertiary/aromatic N) is 5. The second kappa shape index (κ2) is 11.6. The summed E-state index contributed by atoms with van der Waals surface area (Å²) in [5.41, 5.74) is 8.92. The Bertz CT molecular complexity index is 1540. The highest BCUT2D eigenvalue weighted by molar-refractivity contribution is 6.06. The number of nitrogens with one attached hydrogen (secondary N) is 1. The highest BCUT2D eigenvalue weighted by Gasteiger charge is 2.42. The summed E-state index contributed by atoms with van der Waals surface area (Å²) < 4.78 is 10.1. The lowest BCUT2D eigenvalue weighted by Crippen LogP contribution is -2.40. The summed E-state index contributed by atoms with van der Waals surface area (Å²) >= 11 is 0. The topological polar surface area (TPSA) is 147 Å². The monoisotopic (exact) mass is 539 g/mol. The van der Waals surface area contributed by atoms with Crippen LogP contribution in [0.3, 0.4) is 0 Å². The summed E-state index contributed by atoms with van der Waals surface area (Å²) in [5.74, 6) is -1.39. The first-order chi connectivity index (χ1) is 19.2. The van der Waals surface area contributed by atoms with E-state index in [-0.39, 0.29) is 22.7 Å². The lowest BCUT2D eigenvalue weighted by Gasteiger charge is -2.35. The van der Waals surface area contributed by atoms with Crippen LogP contribution in [0.1, 0.15) is 17.2 Å². The van der Waals surface area contributed by atoms with Gasteiger partial charge in [0.05, 0.1) is 37.4 Å². The van der Waals surface area contributed by atoms with Crippen LogP contribution in [0.15, 0.2) is 83.3 Å². The molecule has 1 aliphatic heterocycles. The number of methoxy groups -OCH3 is 2. The molecule has 0 saturated heterocycles. The van der Waals surface area contributed by atoms with Crippen molar-refractivity contribution in [3.63, 3.8) is 0 Å². The molecule has 2 heterocycles. The second-order valence-electron chi connectivity index (χ2n) is 9.09. The summed E-state index contributed by atoms with van der Waals surface area (Å²) in [6, 6.07) is 19.7. The number of esters is 2. The summed E-state index contributed by atoms with van der Waals surface area (Å²) in [5, 5.41) is 13.3. The quantitative estimate of drug-likeness (QED) is 0.425. The van der Waals surface area contributed by atoms with E-state index in [0.717, 1.165) is 11.5 Å². The molecule has 1 unspecified atom stereocenters. The van der Waals surface area contributed by atoms with Crippen molar-refractivity contribution >= 4 is 35.1 Å². The highest BCUT2D eigenvalue weighted by Crippen LogP contribution is 2.43. The number of benzene rings is 2. The molecule has 11 heteroatoms. The van der Waals surface area contributed by atoms with E-state index in [0.29, 0.717) is 22.9 Å². The van der Waals surface area contributed by atoms with Crippen LogP contribution in [0.2, 0.25) is 0 Å². The number of anilines is 4. The number of carbonyl (C=O) groups excluding carboxylic acids is 2. The molecule has 0 aliphatic carbocycles. The van der Waals surface area contributed by atoms with E-state index in [1.807, 2.05) is 32.0 Å². The van der Waals surface area contributed by atoms with E-state index in [4.69, 9.17) is 15.2 Å². The van der Waals surface area contributed by atoms with Gasteiger partial charge in [-0.05, 0) is 36.8 Å². The van der Waals surface area contributed by atoms with Crippen LogP contribution < -0.4 is 20.9 Å². The predicted molar refractivity (Wildman–Crippen MR) is 150 cm³/mol. The molecule has 0 spiro atoms. The van der Waals surface area contributed by atoms with E-state index in [2.05, 4.69) is 21.4 Å². The predicted octanol–water partition coefficient (Wildman–Crippen LogP) is 3.49. The summed E-state index contributed by atoms with van der Waals surface area (Å²) in [6.07, 6.45) is 0. The Morgan fingerprint density at radius 3 is 2.25 bits per heavy atom. The molecule has 1 atom stereocenters. The molecule has 0 amide bonds. The molecule has 0 radical (unpaired) electrons. The number of carbonyl (C=O) groups is 2. The van der Waals surface area contributed by atoms with Gasteiger partial charge in [0.2, 0.25) is 5.95 Å². The minimum absolute atomic E-state index is 0.0113. The van der Waals surface area contributed by atoms with Crippen molar-refractivity contribution in [3.05, 3.63) is 94.6 Å². The number of aryl methyl sites for hydroxylation is 1. The van der Waals surface area contributed by atoms with Gasteiger partial charge >= 0.3 is 11.9 Å². The maximum Gasteiger partial charge on any atom is 0.355 e. The van der Waals surface area contributed by atoms with E-state index in [1.54, 1.807) is 54.6 Å².